The Morgan fingerprint density at radius 1 is 0.463 bits per heavy atom. The van der Waals surface area contributed by atoms with Gasteiger partial charge in [0, 0.05) is 68.7 Å². The highest BCUT2D eigenvalue weighted by molar-refractivity contribution is 6.03. The molecule has 13 heteroatoms. The molecule has 2 aromatic carbocycles. The highest BCUT2D eigenvalue weighted by Crippen LogP contribution is 2.40. The first-order valence-electron chi connectivity index (χ1n) is 23.2. The van der Waals surface area contributed by atoms with Crippen LogP contribution in [0.3, 0.4) is 0 Å². The molecule has 3 atom stereocenters. The third-order valence-electron chi connectivity index (χ3n) is 11.5. The number of nitrogens with one attached hydrogen (secondary N) is 3. The van der Waals surface area contributed by atoms with Crippen molar-refractivity contribution in [1.82, 2.24) is 16.0 Å². The minimum Gasteiger partial charge on any atom is -0.494 e. The predicted octanol–water partition coefficient (Wildman–Crippen LogP) is 9.33. The smallest absolute Gasteiger partial charge is 0.336 e. The van der Waals surface area contributed by atoms with Crippen LogP contribution in [-0.2, 0) is 49.4 Å². The van der Waals surface area contributed by atoms with Gasteiger partial charge in [-0.1, -0.05) is 55.8 Å². The van der Waals surface area contributed by atoms with E-state index in [9.17, 15) is 28.8 Å². The highest BCUT2D eigenvalue weighted by Gasteiger charge is 2.37. The molecule has 3 heterocycles. The summed E-state index contributed by atoms with van der Waals surface area (Å²) < 4.78 is 21.0. The second-order valence-electron chi connectivity index (χ2n) is 16.5. The Morgan fingerprint density at radius 3 is 1.27 bits per heavy atom. The van der Waals surface area contributed by atoms with Gasteiger partial charge in [-0.25, -0.2) is 14.4 Å². The van der Waals surface area contributed by atoms with E-state index in [4.69, 9.17) is 18.9 Å². The summed E-state index contributed by atoms with van der Waals surface area (Å²) in [4.78, 5) is 73.4. The predicted molar refractivity (Wildman–Crippen MR) is 260 cm³/mol. The van der Waals surface area contributed by atoms with Gasteiger partial charge >= 0.3 is 17.9 Å². The van der Waals surface area contributed by atoms with Crippen LogP contribution >= 0.6 is 0 Å². The molecule has 3 aliphatic heterocycles. The van der Waals surface area contributed by atoms with E-state index in [0.717, 1.165) is 58.2 Å². The number of Topliss-reactive ketones (excluding diaryl/α,β-unsaturated/α-hetero) is 3. The van der Waals surface area contributed by atoms with Crippen molar-refractivity contribution in [3.8, 4) is 5.75 Å². The number of esters is 3. The molecule has 0 saturated heterocycles. The van der Waals surface area contributed by atoms with Crippen LogP contribution in [-0.4, -0.2) is 61.7 Å². The standard InChI is InChI=1S/C20H25NO4.C19H23NO3.C15H23NO3/c1-6-24-16-10-8-15(9-11-16)19-17(14(5)22)12(3)21-13(4)18(19)20(23)25-7-2;1-5-23-19(22)18-13(3)20-12(2)17(14(4)21)16(18)11-15-9-7-6-8-10-15;1-6-8-12-13(11(5)17)9(3)16-10(4)14(12)15(18)19-7-2/h8-11,19,21H,6-7H2,1-5H3;6-10,16,20H,5,11H2,1-4H3;12,16H,6-8H2,1-5H3. The maximum Gasteiger partial charge on any atom is 0.336 e. The van der Waals surface area contributed by atoms with Gasteiger partial charge in [0.05, 0.1) is 43.1 Å². The van der Waals surface area contributed by atoms with E-state index in [-0.39, 0.29) is 47.7 Å². The zero-order valence-electron chi connectivity index (χ0n) is 42.0. The minimum atomic E-state index is -0.450. The summed E-state index contributed by atoms with van der Waals surface area (Å²) in [5.41, 5.74) is 10.2. The van der Waals surface area contributed by atoms with Crippen molar-refractivity contribution in [3.05, 3.63) is 133 Å². The fraction of sp³-hybridized carbons (Fsp3) is 0.444. The maximum absolute atomic E-state index is 12.6. The van der Waals surface area contributed by atoms with E-state index in [1.165, 1.54) is 6.92 Å². The first-order chi connectivity index (χ1) is 31.8. The van der Waals surface area contributed by atoms with Crippen LogP contribution in [0.25, 0.3) is 0 Å². The van der Waals surface area contributed by atoms with Crippen molar-refractivity contribution in [1.29, 1.82) is 0 Å². The number of carbonyl (C=O) groups is 6. The normalized spacial score (nSPS) is 18.0. The largest absolute Gasteiger partial charge is 0.494 e. The number of dihydropyridines is 3. The topological polar surface area (TPSA) is 175 Å². The molecule has 0 saturated carbocycles. The van der Waals surface area contributed by atoms with Gasteiger partial charge in [0.25, 0.3) is 0 Å². The maximum atomic E-state index is 12.6. The monoisotopic (exact) mass is 922 g/mol. The number of rotatable bonds is 16. The second kappa shape index (κ2) is 26.0. The van der Waals surface area contributed by atoms with Crippen molar-refractivity contribution in [2.24, 2.45) is 11.8 Å². The van der Waals surface area contributed by atoms with Gasteiger partial charge in [0.15, 0.2) is 17.3 Å². The number of benzene rings is 2. The molecule has 2 aromatic rings. The molecule has 67 heavy (non-hydrogen) atoms. The quantitative estimate of drug-likeness (QED) is 0.107. The second-order valence-corrected chi connectivity index (χ2v) is 16.5. The van der Waals surface area contributed by atoms with Crippen LogP contribution in [0.15, 0.2) is 122 Å². The zero-order chi connectivity index (χ0) is 50.1. The Kier molecular flexibility index (Phi) is 21.3. The highest BCUT2D eigenvalue weighted by atomic mass is 16.5. The van der Waals surface area contributed by atoms with Crippen molar-refractivity contribution < 1.29 is 47.7 Å². The zero-order valence-corrected chi connectivity index (χ0v) is 42.0. The van der Waals surface area contributed by atoms with Crippen molar-refractivity contribution >= 4 is 35.3 Å². The van der Waals surface area contributed by atoms with E-state index >= 15 is 0 Å². The number of allylic oxidation sites excluding steroid dienone is 9. The molecule has 0 bridgehead atoms. The molecular formula is C54H71N3O10. The first-order valence-corrected chi connectivity index (χ1v) is 23.2. The fourth-order valence-electron chi connectivity index (χ4n) is 9.02. The average molecular weight is 922 g/mol. The van der Waals surface area contributed by atoms with Gasteiger partial charge in [0.1, 0.15) is 5.75 Å². The molecule has 3 unspecified atom stereocenters. The van der Waals surface area contributed by atoms with E-state index in [0.29, 0.717) is 65.4 Å². The Balaban J connectivity index is 0.000000269. The molecule has 3 aliphatic rings. The Hall–Kier alpha value is -6.50. The molecular weight excluding hydrogens is 851 g/mol. The minimum absolute atomic E-state index is 0.0118. The lowest BCUT2D eigenvalue weighted by atomic mass is 9.79. The summed E-state index contributed by atoms with van der Waals surface area (Å²) >= 11 is 0. The molecule has 362 valence electrons. The number of ketones is 3. The summed E-state index contributed by atoms with van der Waals surface area (Å²) in [6.07, 6.45) is 2.28. The van der Waals surface area contributed by atoms with Gasteiger partial charge in [-0.2, -0.15) is 0 Å². The summed E-state index contributed by atoms with van der Waals surface area (Å²) in [6, 6.07) is 17.4. The van der Waals surface area contributed by atoms with Gasteiger partial charge in [0.2, 0.25) is 0 Å². The van der Waals surface area contributed by atoms with Gasteiger partial charge in [-0.3, -0.25) is 14.4 Å². The molecule has 3 N–H and O–H groups in total. The molecule has 0 radical (unpaired) electrons. The lowest BCUT2D eigenvalue weighted by molar-refractivity contribution is -0.140. The molecule has 13 nitrogen and oxygen atoms in total. The molecule has 0 spiro atoms. The SMILES string of the molecule is CCCC1C(C(C)=O)=C(C)NC(C)=C1C(=O)OCC.CCOC(=O)C1=C(C)NC(C)=C(C(C)=O)C1Cc1ccccc1.CCOC(=O)C1=C(C)NC(C)=C(C(C)=O)C1c1ccc(OCC)cc1. The summed E-state index contributed by atoms with van der Waals surface area (Å²) in [7, 11) is 0. The van der Waals surface area contributed by atoms with Gasteiger partial charge < -0.3 is 34.9 Å². The van der Waals surface area contributed by atoms with E-state index in [2.05, 4.69) is 16.0 Å². The summed E-state index contributed by atoms with van der Waals surface area (Å²) in [5, 5.41) is 9.42. The summed E-state index contributed by atoms with van der Waals surface area (Å²) in [5.74, 6) is -1.30. The average Bonchev–Trinajstić information content (AvgIpc) is 3.24. The third kappa shape index (κ3) is 14.0. The van der Waals surface area contributed by atoms with Crippen molar-refractivity contribution in [2.45, 2.75) is 122 Å². The van der Waals surface area contributed by atoms with Crippen LogP contribution in [0.4, 0.5) is 0 Å². The number of hydrogen-bond donors (Lipinski definition) is 3. The van der Waals surface area contributed by atoms with E-state index in [1.807, 2.05) is 110 Å². The fourth-order valence-corrected chi connectivity index (χ4v) is 9.02. The molecule has 0 amide bonds. The number of hydrogen-bond acceptors (Lipinski definition) is 13. The molecule has 0 fully saturated rings. The van der Waals surface area contributed by atoms with Crippen LogP contribution in [0, 0.1) is 11.8 Å². The van der Waals surface area contributed by atoms with E-state index < -0.39 is 11.9 Å². The van der Waals surface area contributed by atoms with Crippen LogP contribution in [0.5, 0.6) is 5.75 Å². The third-order valence-corrected chi connectivity index (χ3v) is 11.5. The Labute approximate surface area is 397 Å². The van der Waals surface area contributed by atoms with E-state index in [1.54, 1.807) is 34.6 Å². The number of ether oxygens (including phenoxy) is 4. The molecule has 0 aromatic heterocycles. The van der Waals surface area contributed by atoms with Crippen molar-refractivity contribution in [2.75, 3.05) is 26.4 Å². The lowest BCUT2D eigenvalue weighted by Gasteiger charge is -2.30. The van der Waals surface area contributed by atoms with Crippen molar-refractivity contribution in [3.63, 3.8) is 0 Å². The van der Waals surface area contributed by atoms with Crippen LogP contribution < -0.4 is 20.7 Å². The van der Waals surface area contributed by atoms with Gasteiger partial charge in [-0.15, -0.1) is 0 Å². The molecule has 5 rings (SSSR count). The van der Waals surface area contributed by atoms with Crippen LogP contribution in [0.1, 0.15) is 127 Å². The van der Waals surface area contributed by atoms with Crippen LogP contribution in [0.2, 0.25) is 0 Å². The Morgan fingerprint density at radius 2 is 0.851 bits per heavy atom. The first kappa shape index (κ1) is 54.8. The summed E-state index contributed by atoms with van der Waals surface area (Å²) in [6.45, 7) is 26.6. The Bertz CT molecular complexity index is 2360. The molecule has 0 aliphatic carbocycles. The lowest BCUT2D eigenvalue weighted by Crippen LogP contribution is -2.33. The van der Waals surface area contributed by atoms with Gasteiger partial charge in [-0.05, 0) is 126 Å². The number of carbonyl (C=O) groups excluding carboxylic acids is 6.